The fourth-order valence-corrected chi connectivity index (χ4v) is 0.932. The Morgan fingerprint density at radius 2 is 2.05 bits per heavy atom. The summed E-state index contributed by atoms with van der Waals surface area (Å²) in [5.74, 6) is -0.359. The number of aliphatic hydroxyl groups excluding tert-OH is 1. The van der Waals surface area contributed by atoms with Gasteiger partial charge < -0.3 is 10.4 Å². The molecule has 0 saturated carbocycles. The number of carbonyl (C=O) groups is 1. The second kappa shape index (κ2) is 12.5. The standard InChI is InChI=1S/C7H10N4O4.2C2H6/c12-2-1-8-7(13)5-10-4-6(3-9-10)11(14)15;2*1-2/h3-4,12H,1-2,5H2,(H,8,13);2*1-2H3. The summed E-state index contributed by atoms with van der Waals surface area (Å²) < 4.78 is 1.16. The first-order valence-electron chi connectivity index (χ1n) is 6.18. The van der Waals surface area contributed by atoms with Gasteiger partial charge in [0.05, 0.1) is 11.5 Å². The lowest BCUT2D eigenvalue weighted by atomic mass is 10.5. The van der Waals surface area contributed by atoms with E-state index in [1.807, 2.05) is 27.7 Å². The van der Waals surface area contributed by atoms with Crippen molar-refractivity contribution in [3.05, 3.63) is 22.5 Å². The highest BCUT2D eigenvalue weighted by Crippen LogP contribution is 2.06. The van der Waals surface area contributed by atoms with E-state index in [1.165, 1.54) is 6.20 Å². The Balaban J connectivity index is 0. The van der Waals surface area contributed by atoms with Crippen LogP contribution in [0.1, 0.15) is 27.7 Å². The highest BCUT2D eigenvalue weighted by atomic mass is 16.6. The molecule has 110 valence electrons. The van der Waals surface area contributed by atoms with Crippen molar-refractivity contribution in [2.45, 2.75) is 34.2 Å². The molecule has 0 bridgehead atoms. The second-order valence-corrected chi connectivity index (χ2v) is 2.73. The number of nitro groups is 1. The number of hydrogen-bond acceptors (Lipinski definition) is 5. The minimum absolute atomic E-state index is 0.103. The third-order valence-electron chi connectivity index (χ3n) is 1.57. The number of nitrogens with one attached hydrogen (secondary N) is 1. The fraction of sp³-hybridized carbons (Fsp3) is 0.636. The zero-order valence-corrected chi connectivity index (χ0v) is 11.8. The van der Waals surface area contributed by atoms with Gasteiger partial charge in [0.25, 0.3) is 0 Å². The van der Waals surface area contributed by atoms with E-state index in [0.29, 0.717) is 0 Å². The molecule has 0 unspecified atom stereocenters. The molecule has 0 saturated heterocycles. The highest BCUT2D eigenvalue weighted by molar-refractivity contribution is 5.75. The molecule has 0 fully saturated rings. The van der Waals surface area contributed by atoms with Crippen molar-refractivity contribution in [2.24, 2.45) is 0 Å². The van der Waals surface area contributed by atoms with Crippen molar-refractivity contribution in [3.8, 4) is 0 Å². The van der Waals surface area contributed by atoms with Crippen LogP contribution in [0, 0.1) is 10.1 Å². The monoisotopic (exact) mass is 274 g/mol. The zero-order chi connectivity index (χ0) is 15.3. The minimum Gasteiger partial charge on any atom is -0.395 e. The molecule has 8 nitrogen and oxygen atoms in total. The molecule has 0 aliphatic rings. The van der Waals surface area contributed by atoms with Gasteiger partial charge in [-0.2, -0.15) is 5.10 Å². The maximum atomic E-state index is 11.1. The van der Waals surface area contributed by atoms with Crippen LogP contribution in [-0.2, 0) is 11.3 Å². The molecule has 1 heterocycles. The lowest BCUT2D eigenvalue weighted by Gasteiger charge is -2.01. The molecule has 8 heteroatoms. The van der Waals surface area contributed by atoms with Crippen molar-refractivity contribution in [2.75, 3.05) is 13.2 Å². The van der Waals surface area contributed by atoms with E-state index in [4.69, 9.17) is 5.11 Å². The molecule has 0 atom stereocenters. The number of aromatic nitrogens is 2. The highest BCUT2D eigenvalue weighted by Gasteiger charge is 2.10. The van der Waals surface area contributed by atoms with E-state index >= 15 is 0 Å². The van der Waals surface area contributed by atoms with Crippen LogP contribution in [0.3, 0.4) is 0 Å². The average molecular weight is 274 g/mol. The molecule has 1 aromatic heterocycles. The van der Waals surface area contributed by atoms with Crippen LogP contribution in [0.2, 0.25) is 0 Å². The first-order chi connectivity index (χ1) is 9.13. The van der Waals surface area contributed by atoms with E-state index < -0.39 is 4.92 Å². The Morgan fingerprint density at radius 3 is 2.47 bits per heavy atom. The number of amides is 1. The van der Waals surface area contributed by atoms with E-state index in [0.717, 1.165) is 10.9 Å². The molecule has 0 radical (unpaired) electrons. The largest absolute Gasteiger partial charge is 0.395 e. The van der Waals surface area contributed by atoms with Crippen LogP contribution in [0.25, 0.3) is 0 Å². The molecule has 1 rings (SSSR count). The smallest absolute Gasteiger partial charge is 0.307 e. The van der Waals surface area contributed by atoms with Gasteiger partial charge in [-0.25, -0.2) is 0 Å². The number of aliphatic hydroxyl groups is 1. The maximum Gasteiger partial charge on any atom is 0.307 e. The SMILES string of the molecule is CC.CC.O=C(Cn1cc([N+](=O)[O-])cn1)NCCO. The predicted molar refractivity (Wildman–Crippen MR) is 71.7 cm³/mol. The predicted octanol–water partition coefficient (Wildman–Crippen LogP) is 0.952. The van der Waals surface area contributed by atoms with Crippen LogP contribution < -0.4 is 5.32 Å². The average Bonchev–Trinajstić information content (AvgIpc) is 2.89. The number of hydrogen-bond donors (Lipinski definition) is 2. The van der Waals surface area contributed by atoms with Crippen molar-refractivity contribution >= 4 is 11.6 Å². The molecule has 0 aliphatic carbocycles. The topological polar surface area (TPSA) is 110 Å². The third kappa shape index (κ3) is 8.72. The summed E-state index contributed by atoms with van der Waals surface area (Å²) in [6.07, 6.45) is 2.23. The fourth-order valence-electron chi connectivity index (χ4n) is 0.932. The summed E-state index contributed by atoms with van der Waals surface area (Å²) in [5, 5.41) is 24.8. The summed E-state index contributed by atoms with van der Waals surface area (Å²) in [7, 11) is 0. The lowest BCUT2D eigenvalue weighted by Crippen LogP contribution is -2.30. The van der Waals surface area contributed by atoms with Gasteiger partial charge in [0.15, 0.2) is 0 Å². The van der Waals surface area contributed by atoms with E-state index in [1.54, 1.807) is 0 Å². The Hall–Kier alpha value is -1.96. The molecular weight excluding hydrogens is 252 g/mol. The third-order valence-corrected chi connectivity index (χ3v) is 1.57. The summed E-state index contributed by atoms with van der Waals surface area (Å²) >= 11 is 0. The first kappa shape index (κ1) is 19.4. The summed E-state index contributed by atoms with van der Waals surface area (Å²) in [6.45, 7) is 7.90. The Kier molecular flexibility index (Phi) is 12.7. The zero-order valence-electron chi connectivity index (χ0n) is 11.8. The second-order valence-electron chi connectivity index (χ2n) is 2.73. The van der Waals surface area contributed by atoms with Crippen molar-refractivity contribution in [1.29, 1.82) is 0 Å². The molecule has 0 aliphatic heterocycles. The molecule has 19 heavy (non-hydrogen) atoms. The Labute approximate surface area is 112 Å². The number of rotatable bonds is 5. The normalized spacial score (nSPS) is 8.47. The van der Waals surface area contributed by atoms with Gasteiger partial charge in [-0.3, -0.25) is 19.6 Å². The maximum absolute atomic E-state index is 11.1. The van der Waals surface area contributed by atoms with Gasteiger partial charge >= 0.3 is 5.69 Å². The molecule has 0 spiro atoms. The molecule has 1 amide bonds. The first-order valence-corrected chi connectivity index (χ1v) is 6.18. The van der Waals surface area contributed by atoms with E-state index in [9.17, 15) is 14.9 Å². The van der Waals surface area contributed by atoms with Crippen LogP contribution in [0.15, 0.2) is 12.4 Å². The Bertz CT molecular complexity index is 365. The van der Waals surface area contributed by atoms with E-state index in [-0.39, 0.29) is 31.3 Å². The van der Waals surface area contributed by atoms with Gasteiger partial charge in [0.1, 0.15) is 18.9 Å². The molecular formula is C11H22N4O4. The summed E-state index contributed by atoms with van der Waals surface area (Å²) in [4.78, 5) is 20.8. The molecule has 2 N–H and O–H groups in total. The van der Waals surface area contributed by atoms with E-state index in [2.05, 4.69) is 10.4 Å². The van der Waals surface area contributed by atoms with Gasteiger partial charge in [0, 0.05) is 6.54 Å². The van der Waals surface area contributed by atoms with Crippen molar-refractivity contribution < 1.29 is 14.8 Å². The van der Waals surface area contributed by atoms with Crippen LogP contribution in [0.4, 0.5) is 5.69 Å². The molecule has 1 aromatic rings. The molecule has 0 aromatic carbocycles. The summed E-state index contributed by atoms with van der Waals surface area (Å²) in [6, 6.07) is 0. The van der Waals surface area contributed by atoms with Gasteiger partial charge in [0.2, 0.25) is 5.91 Å². The van der Waals surface area contributed by atoms with Gasteiger partial charge in [-0.1, -0.05) is 27.7 Å². The Morgan fingerprint density at radius 1 is 1.47 bits per heavy atom. The quantitative estimate of drug-likeness (QED) is 0.613. The summed E-state index contributed by atoms with van der Waals surface area (Å²) in [5.41, 5.74) is -0.162. The number of nitrogens with zero attached hydrogens (tertiary/aromatic N) is 3. The van der Waals surface area contributed by atoms with Crippen molar-refractivity contribution in [3.63, 3.8) is 0 Å². The van der Waals surface area contributed by atoms with Crippen LogP contribution >= 0.6 is 0 Å². The van der Waals surface area contributed by atoms with Crippen molar-refractivity contribution in [1.82, 2.24) is 15.1 Å². The van der Waals surface area contributed by atoms with Gasteiger partial charge in [-0.05, 0) is 0 Å². The number of carbonyl (C=O) groups excluding carboxylic acids is 1. The lowest BCUT2D eigenvalue weighted by molar-refractivity contribution is -0.385. The van der Waals surface area contributed by atoms with Crippen LogP contribution in [0.5, 0.6) is 0 Å². The van der Waals surface area contributed by atoms with Crippen LogP contribution in [-0.4, -0.2) is 38.9 Å². The minimum atomic E-state index is -0.588. The van der Waals surface area contributed by atoms with Gasteiger partial charge in [-0.15, -0.1) is 0 Å².